The lowest BCUT2D eigenvalue weighted by molar-refractivity contribution is -0.135. The van der Waals surface area contributed by atoms with Crippen LogP contribution in [0.5, 0.6) is 0 Å². The summed E-state index contributed by atoms with van der Waals surface area (Å²) in [5.41, 5.74) is 0.398. The molecule has 0 saturated carbocycles. The topological polar surface area (TPSA) is 47.4 Å². The van der Waals surface area contributed by atoms with Gasteiger partial charge in [0.25, 0.3) is 0 Å². The number of carbonyl (C=O) groups excluding carboxylic acids is 1. The van der Waals surface area contributed by atoms with E-state index in [1.54, 1.807) is 15.8 Å². The van der Waals surface area contributed by atoms with Gasteiger partial charge in [-0.25, -0.2) is 0 Å². The molecule has 1 amide bonds. The summed E-state index contributed by atoms with van der Waals surface area (Å²) in [5, 5.41) is 5.00. The van der Waals surface area contributed by atoms with Gasteiger partial charge in [-0.1, -0.05) is 18.2 Å². The van der Waals surface area contributed by atoms with E-state index in [-0.39, 0.29) is 11.5 Å². The Morgan fingerprint density at radius 3 is 2.95 bits per heavy atom. The molecule has 1 aromatic heterocycles. The average molecular weight is 326 g/mol. The fraction of sp³-hybridized carbons (Fsp3) is 0.625. The van der Waals surface area contributed by atoms with Crippen LogP contribution in [-0.2, 0) is 22.6 Å². The summed E-state index contributed by atoms with van der Waals surface area (Å²) in [6.45, 7) is 10.0. The van der Waals surface area contributed by atoms with E-state index in [0.717, 1.165) is 32.4 Å². The second kappa shape index (κ2) is 7.29. The van der Waals surface area contributed by atoms with E-state index in [0.29, 0.717) is 23.8 Å². The number of amides is 1. The first-order valence-corrected chi connectivity index (χ1v) is 8.12. The van der Waals surface area contributed by atoms with Crippen LogP contribution in [0, 0.1) is 0 Å². The minimum Gasteiger partial charge on any atom is -0.373 e. The molecule has 0 aromatic carbocycles. The molecule has 1 unspecified atom stereocenters. The van der Waals surface area contributed by atoms with Gasteiger partial charge in [0.2, 0.25) is 5.91 Å². The van der Waals surface area contributed by atoms with E-state index in [1.165, 1.54) is 6.08 Å². The maximum Gasteiger partial charge on any atom is 0.246 e. The Morgan fingerprint density at radius 2 is 2.41 bits per heavy atom. The molecule has 0 radical (unpaired) electrons. The first-order chi connectivity index (χ1) is 10.5. The lowest BCUT2D eigenvalue weighted by atomic mass is 9.95. The van der Waals surface area contributed by atoms with Crippen LogP contribution in [0.15, 0.2) is 18.9 Å². The number of aromatic nitrogens is 2. The van der Waals surface area contributed by atoms with E-state index in [1.807, 2.05) is 6.92 Å². The van der Waals surface area contributed by atoms with Crippen molar-refractivity contribution in [2.45, 2.75) is 51.8 Å². The summed E-state index contributed by atoms with van der Waals surface area (Å²) in [5.74, 6) is -0.127. The monoisotopic (exact) mass is 325 g/mol. The molecule has 0 aliphatic carbocycles. The summed E-state index contributed by atoms with van der Waals surface area (Å²) >= 11 is 6.21. The van der Waals surface area contributed by atoms with Crippen LogP contribution in [0.3, 0.4) is 0 Å². The quantitative estimate of drug-likeness (QED) is 0.755. The second-order valence-electron chi connectivity index (χ2n) is 5.93. The standard InChI is InChI=1S/C16H24ClN3O2/c1-4-15(21)19(12-16(3)8-6-7-9-22-16)11-14-13(17)10-20(5-2)18-14/h4,10H,1,5-9,11-12H2,2-3H3. The number of rotatable bonds is 6. The predicted octanol–water partition coefficient (Wildman–Crippen LogP) is 3.03. The summed E-state index contributed by atoms with van der Waals surface area (Å²) < 4.78 is 7.67. The minimum absolute atomic E-state index is 0.127. The van der Waals surface area contributed by atoms with Gasteiger partial charge < -0.3 is 9.64 Å². The molecule has 6 heteroatoms. The molecular weight excluding hydrogens is 302 g/mol. The Bertz CT molecular complexity index is 535. The SMILES string of the molecule is C=CC(=O)N(Cc1nn(CC)cc1Cl)CC1(C)CCCCO1. The van der Waals surface area contributed by atoms with Crippen LogP contribution in [0.1, 0.15) is 38.8 Å². The highest BCUT2D eigenvalue weighted by Crippen LogP contribution is 2.27. The Hall–Kier alpha value is -1.33. The highest BCUT2D eigenvalue weighted by atomic mass is 35.5. The number of hydrogen-bond donors (Lipinski definition) is 0. The third kappa shape index (κ3) is 4.11. The van der Waals surface area contributed by atoms with E-state index >= 15 is 0 Å². The first kappa shape index (κ1) is 17.0. The third-order valence-electron chi connectivity index (χ3n) is 4.01. The van der Waals surface area contributed by atoms with Crippen molar-refractivity contribution < 1.29 is 9.53 Å². The molecule has 122 valence electrons. The number of halogens is 1. The predicted molar refractivity (Wildman–Crippen MR) is 86.7 cm³/mol. The van der Waals surface area contributed by atoms with E-state index < -0.39 is 0 Å². The molecule has 22 heavy (non-hydrogen) atoms. The molecule has 1 saturated heterocycles. The molecule has 1 aromatic rings. The van der Waals surface area contributed by atoms with Gasteiger partial charge in [0.05, 0.1) is 23.7 Å². The number of aryl methyl sites for hydroxylation is 1. The zero-order valence-corrected chi connectivity index (χ0v) is 14.1. The Labute approximate surface area is 136 Å². The first-order valence-electron chi connectivity index (χ1n) is 7.74. The molecule has 0 spiro atoms. The van der Waals surface area contributed by atoms with Gasteiger partial charge in [-0.15, -0.1) is 0 Å². The fourth-order valence-electron chi connectivity index (χ4n) is 2.75. The van der Waals surface area contributed by atoms with Crippen molar-refractivity contribution in [3.63, 3.8) is 0 Å². The molecule has 0 N–H and O–H groups in total. The van der Waals surface area contributed by atoms with Crippen LogP contribution in [0.2, 0.25) is 5.02 Å². The van der Waals surface area contributed by atoms with Crippen LogP contribution >= 0.6 is 11.6 Å². The Kier molecular flexibility index (Phi) is 5.64. The van der Waals surface area contributed by atoms with Gasteiger partial charge in [0, 0.05) is 19.3 Å². The van der Waals surface area contributed by atoms with Crippen molar-refractivity contribution in [3.8, 4) is 0 Å². The molecule has 1 fully saturated rings. The van der Waals surface area contributed by atoms with Crippen molar-refractivity contribution >= 4 is 17.5 Å². The van der Waals surface area contributed by atoms with Gasteiger partial charge in [-0.2, -0.15) is 5.10 Å². The molecule has 2 rings (SSSR count). The highest BCUT2D eigenvalue weighted by molar-refractivity contribution is 6.31. The van der Waals surface area contributed by atoms with Crippen molar-refractivity contribution in [2.24, 2.45) is 0 Å². The number of nitrogens with zero attached hydrogens (tertiary/aromatic N) is 3. The molecule has 2 heterocycles. The Morgan fingerprint density at radius 1 is 1.64 bits per heavy atom. The zero-order valence-electron chi connectivity index (χ0n) is 13.3. The summed E-state index contributed by atoms with van der Waals surface area (Å²) in [6, 6.07) is 0. The van der Waals surface area contributed by atoms with Gasteiger partial charge >= 0.3 is 0 Å². The largest absolute Gasteiger partial charge is 0.373 e. The summed E-state index contributed by atoms with van der Waals surface area (Å²) in [4.78, 5) is 13.9. The highest BCUT2D eigenvalue weighted by Gasteiger charge is 2.32. The third-order valence-corrected chi connectivity index (χ3v) is 4.33. The van der Waals surface area contributed by atoms with Crippen molar-refractivity contribution in [1.29, 1.82) is 0 Å². The molecule has 0 bridgehead atoms. The van der Waals surface area contributed by atoms with Gasteiger partial charge in [-0.05, 0) is 39.2 Å². The second-order valence-corrected chi connectivity index (χ2v) is 6.34. The van der Waals surface area contributed by atoms with E-state index in [4.69, 9.17) is 16.3 Å². The summed E-state index contributed by atoms with van der Waals surface area (Å²) in [6.07, 6.45) is 6.27. The average Bonchev–Trinajstić information content (AvgIpc) is 2.86. The van der Waals surface area contributed by atoms with Crippen LogP contribution in [0.25, 0.3) is 0 Å². The number of carbonyl (C=O) groups is 1. The van der Waals surface area contributed by atoms with Crippen LogP contribution < -0.4 is 0 Å². The maximum absolute atomic E-state index is 12.2. The lowest BCUT2D eigenvalue weighted by Crippen LogP contribution is -2.46. The fourth-order valence-corrected chi connectivity index (χ4v) is 2.96. The molecular formula is C16H24ClN3O2. The normalized spacial score (nSPS) is 21.6. The molecule has 1 aliphatic rings. The summed E-state index contributed by atoms with van der Waals surface area (Å²) in [7, 11) is 0. The van der Waals surface area contributed by atoms with Crippen LogP contribution in [-0.4, -0.2) is 39.3 Å². The van der Waals surface area contributed by atoms with Crippen LogP contribution in [0.4, 0.5) is 0 Å². The lowest BCUT2D eigenvalue weighted by Gasteiger charge is -2.37. The van der Waals surface area contributed by atoms with Crippen molar-refractivity contribution in [1.82, 2.24) is 14.7 Å². The van der Waals surface area contributed by atoms with E-state index in [2.05, 4.69) is 18.6 Å². The Balaban J connectivity index is 2.13. The molecule has 5 nitrogen and oxygen atoms in total. The van der Waals surface area contributed by atoms with Gasteiger partial charge in [0.1, 0.15) is 5.69 Å². The minimum atomic E-state index is -0.309. The van der Waals surface area contributed by atoms with Gasteiger partial charge in [0.15, 0.2) is 0 Å². The van der Waals surface area contributed by atoms with Crippen molar-refractivity contribution in [3.05, 3.63) is 29.6 Å². The molecule has 1 atom stereocenters. The van der Waals surface area contributed by atoms with Crippen molar-refractivity contribution in [2.75, 3.05) is 13.2 Å². The maximum atomic E-state index is 12.2. The van der Waals surface area contributed by atoms with E-state index in [9.17, 15) is 4.79 Å². The zero-order chi connectivity index (χ0) is 16.2. The van der Waals surface area contributed by atoms with Gasteiger partial charge in [-0.3, -0.25) is 9.48 Å². The smallest absolute Gasteiger partial charge is 0.246 e. The molecule has 1 aliphatic heterocycles. The number of ether oxygens (including phenoxy) is 1. The number of hydrogen-bond acceptors (Lipinski definition) is 3.